The molecule has 2 heteroatoms. The normalized spacial score (nSPS) is 12.6. The number of nitrogens with zero attached hydrogens (tertiary/aromatic N) is 1. The summed E-state index contributed by atoms with van der Waals surface area (Å²) in [5.41, 5.74) is 2.79. The first-order chi connectivity index (χ1) is 5.61. The average Bonchev–Trinajstić information content (AvgIpc) is 2.04. The van der Waals surface area contributed by atoms with E-state index in [-0.39, 0.29) is 0 Å². The third kappa shape index (κ3) is 1.84. The molecule has 1 rings (SSSR count). The largest absolute Gasteiger partial charge is 0.512 e. The Hall–Kier alpha value is -1.31. The summed E-state index contributed by atoms with van der Waals surface area (Å²) < 4.78 is 0. The molecule has 1 aromatic rings. The number of pyridine rings is 1. The molecule has 0 aliphatic carbocycles. The van der Waals surface area contributed by atoms with Gasteiger partial charge in [-0.25, -0.2) is 0 Å². The second kappa shape index (κ2) is 3.39. The lowest BCUT2D eigenvalue weighted by Crippen LogP contribution is -1.88. The van der Waals surface area contributed by atoms with Crippen molar-refractivity contribution in [3.8, 4) is 0 Å². The second-order valence-electron chi connectivity index (χ2n) is 2.93. The van der Waals surface area contributed by atoms with Crippen LogP contribution >= 0.6 is 0 Å². The van der Waals surface area contributed by atoms with Crippen molar-refractivity contribution in [1.29, 1.82) is 0 Å². The van der Waals surface area contributed by atoms with E-state index in [9.17, 15) is 5.11 Å². The fraction of sp³-hybridized carbons (Fsp3) is 0.300. The van der Waals surface area contributed by atoms with E-state index in [1.54, 1.807) is 13.1 Å². The van der Waals surface area contributed by atoms with Crippen LogP contribution in [-0.4, -0.2) is 10.1 Å². The highest BCUT2D eigenvalue weighted by atomic mass is 16.3. The fourth-order valence-electron chi connectivity index (χ4n) is 0.875. The molecule has 2 nitrogen and oxygen atoms in total. The fourth-order valence-corrected chi connectivity index (χ4v) is 0.875. The lowest BCUT2D eigenvalue weighted by atomic mass is 10.1. The first-order valence-electron chi connectivity index (χ1n) is 3.90. The van der Waals surface area contributed by atoms with E-state index in [0.717, 1.165) is 16.8 Å². The third-order valence-electron chi connectivity index (χ3n) is 1.84. The maximum atomic E-state index is 9.18. The topological polar surface area (TPSA) is 33.1 Å². The molecule has 1 N–H and O–H groups in total. The molecule has 0 fully saturated rings. The van der Waals surface area contributed by atoms with Crippen molar-refractivity contribution in [3.05, 3.63) is 35.3 Å². The number of aryl methyl sites for hydroxylation is 1. The zero-order chi connectivity index (χ0) is 9.14. The molecule has 0 aliphatic rings. The molecule has 12 heavy (non-hydrogen) atoms. The molecule has 64 valence electrons. The van der Waals surface area contributed by atoms with Gasteiger partial charge < -0.3 is 5.11 Å². The van der Waals surface area contributed by atoms with E-state index in [2.05, 4.69) is 4.98 Å². The molecule has 0 aromatic carbocycles. The second-order valence-corrected chi connectivity index (χ2v) is 2.93. The van der Waals surface area contributed by atoms with E-state index < -0.39 is 0 Å². The molecule has 0 atom stereocenters. The molecule has 0 saturated carbocycles. The van der Waals surface area contributed by atoms with Gasteiger partial charge >= 0.3 is 0 Å². The number of aliphatic hydroxyl groups excluding tert-OH is 1. The minimum atomic E-state index is 0.325. The monoisotopic (exact) mass is 163 g/mol. The van der Waals surface area contributed by atoms with Crippen molar-refractivity contribution in [1.82, 2.24) is 4.98 Å². The van der Waals surface area contributed by atoms with Crippen molar-refractivity contribution >= 4 is 5.57 Å². The quantitative estimate of drug-likeness (QED) is 0.646. The van der Waals surface area contributed by atoms with Crippen molar-refractivity contribution < 1.29 is 5.11 Å². The number of rotatable bonds is 1. The summed E-state index contributed by atoms with van der Waals surface area (Å²) in [6, 6.07) is 3.89. The minimum Gasteiger partial charge on any atom is -0.512 e. The van der Waals surface area contributed by atoms with Gasteiger partial charge in [-0.05, 0) is 32.4 Å². The van der Waals surface area contributed by atoms with Crippen LogP contribution in [0.2, 0.25) is 0 Å². The Bertz CT molecular complexity index is 294. The van der Waals surface area contributed by atoms with E-state index in [1.165, 1.54) is 0 Å². The van der Waals surface area contributed by atoms with Crippen LogP contribution in [0.3, 0.4) is 0 Å². The first kappa shape index (κ1) is 8.78. The van der Waals surface area contributed by atoms with Crippen molar-refractivity contribution in [2.24, 2.45) is 0 Å². The first-order valence-corrected chi connectivity index (χ1v) is 3.90. The van der Waals surface area contributed by atoms with E-state index in [0.29, 0.717) is 5.76 Å². The molecule has 0 aliphatic heterocycles. The smallest absolute Gasteiger partial charge is 0.0942 e. The van der Waals surface area contributed by atoms with Crippen molar-refractivity contribution in [3.63, 3.8) is 0 Å². The zero-order valence-electron chi connectivity index (χ0n) is 7.63. The van der Waals surface area contributed by atoms with Crippen LogP contribution in [0.5, 0.6) is 0 Å². The Kier molecular flexibility index (Phi) is 2.48. The maximum Gasteiger partial charge on any atom is 0.0942 e. The molecule has 0 saturated heterocycles. The molecule has 0 amide bonds. The number of aromatic nitrogens is 1. The van der Waals surface area contributed by atoms with Crippen LogP contribution in [-0.2, 0) is 0 Å². The molecular weight excluding hydrogens is 150 g/mol. The van der Waals surface area contributed by atoms with Gasteiger partial charge in [0.05, 0.1) is 11.5 Å². The summed E-state index contributed by atoms with van der Waals surface area (Å²) in [6.45, 7) is 5.51. The van der Waals surface area contributed by atoms with Crippen molar-refractivity contribution in [2.75, 3.05) is 0 Å². The van der Waals surface area contributed by atoms with Crippen LogP contribution in [0, 0.1) is 6.92 Å². The van der Waals surface area contributed by atoms with E-state index in [4.69, 9.17) is 0 Å². The molecular formula is C10H13NO. The molecule has 0 radical (unpaired) electrons. The Labute approximate surface area is 72.6 Å². The molecule has 1 aromatic heterocycles. The molecule has 0 spiro atoms. The van der Waals surface area contributed by atoms with Gasteiger partial charge in [0, 0.05) is 11.8 Å². The summed E-state index contributed by atoms with van der Waals surface area (Å²) >= 11 is 0. The Balaban J connectivity index is 3.06. The Morgan fingerprint density at radius 1 is 1.33 bits per heavy atom. The number of hydrogen-bond acceptors (Lipinski definition) is 2. The van der Waals surface area contributed by atoms with Gasteiger partial charge in [-0.3, -0.25) is 4.98 Å². The van der Waals surface area contributed by atoms with Gasteiger partial charge in [0.25, 0.3) is 0 Å². The zero-order valence-corrected chi connectivity index (χ0v) is 7.63. The number of hydrogen-bond donors (Lipinski definition) is 1. The van der Waals surface area contributed by atoms with E-state index in [1.807, 2.05) is 26.0 Å². The Morgan fingerprint density at radius 2 is 2.00 bits per heavy atom. The standard InChI is InChI=1S/C10H13NO/c1-7-4-5-10(11-6-7)8(2)9(3)12/h4-6,12H,1-3H3/b9-8-. The summed E-state index contributed by atoms with van der Waals surface area (Å²) in [4.78, 5) is 4.18. The summed E-state index contributed by atoms with van der Waals surface area (Å²) in [5.74, 6) is 0.325. The highest BCUT2D eigenvalue weighted by Gasteiger charge is 1.99. The van der Waals surface area contributed by atoms with Gasteiger partial charge in [-0.1, -0.05) is 6.07 Å². The van der Waals surface area contributed by atoms with Gasteiger partial charge in [-0.15, -0.1) is 0 Å². The lowest BCUT2D eigenvalue weighted by Gasteiger charge is -2.01. The van der Waals surface area contributed by atoms with E-state index >= 15 is 0 Å². The molecule has 1 heterocycles. The Morgan fingerprint density at radius 3 is 2.42 bits per heavy atom. The van der Waals surface area contributed by atoms with Crippen LogP contribution in [0.1, 0.15) is 25.1 Å². The van der Waals surface area contributed by atoms with Gasteiger partial charge in [0.1, 0.15) is 0 Å². The summed E-state index contributed by atoms with van der Waals surface area (Å²) in [5, 5.41) is 9.18. The number of allylic oxidation sites excluding steroid dienone is 2. The van der Waals surface area contributed by atoms with Gasteiger partial charge in [0.2, 0.25) is 0 Å². The maximum absolute atomic E-state index is 9.18. The average molecular weight is 163 g/mol. The molecule has 0 unspecified atom stereocenters. The van der Waals surface area contributed by atoms with Crippen LogP contribution in [0.4, 0.5) is 0 Å². The summed E-state index contributed by atoms with van der Waals surface area (Å²) in [6.07, 6.45) is 1.79. The van der Waals surface area contributed by atoms with Gasteiger partial charge in [0.15, 0.2) is 0 Å². The molecule has 0 bridgehead atoms. The minimum absolute atomic E-state index is 0.325. The third-order valence-corrected chi connectivity index (χ3v) is 1.84. The highest BCUT2D eigenvalue weighted by molar-refractivity contribution is 5.61. The SMILES string of the molecule is C/C(O)=C(\C)c1ccc(C)cn1. The summed E-state index contributed by atoms with van der Waals surface area (Å²) in [7, 11) is 0. The number of aliphatic hydroxyl groups is 1. The predicted molar refractivity (Wildman–Crippen MR) is 49.9 cm³/mol. The van der Waals surface area contributed by atoms with Crippen LogP contribution in [0.15, 0.2) is 24.1 Å². The van der Waals surface area contributed by atoms with Crippen LogP contribution in [0.25, 0.3) is 5.57 Å². The lowest BCUT2D eigenvalue weighted by molar-refractivity contribution is 0.416. The predicted octanol–water partition coefficient (Wildman–Crippen LogP) is 2.70. The van der Waals surface area contributed by atoms with Gasteiger partial charge in [-0.2, -0.15) is 0 Å². The van der Waals surface area contributed by atoms with Crippen molar-refractivity contribution in [2.45, 2.75) is 20.8 Å². The van der Waals surface area contributed by atoms with Crippen LogP contribution < -0.4 is 0 Å². The highest BCUT2D eigenvalue weighted by Crippen LogP contribution is 2.13.